The molecule has 0 unspecified atom stereocenters. The van der Waals surface area contributed by atoms with Gasteiger partial charge in [0, 0.05) is 19.0 Å². The van der Waals surface area contributed by atoms with Crippen LogP contribution < -0.4 is 4.72 Å². The van der Waals surface area contributed by atoms with E-state index in [1.165, 1.54) is 4.31 Å². The minimum Gasteiger partial charge on any atom is -0.298 e. The van der Waals surface area contributed by atoms with E-state index in [1.807, 2.05) is 0 Å². The fourth-order valence-electron chi connectivity index (χ4n) is 1.03. The van der Waals surface area contributed by atoms with Gasteiger partial charge in [0.2, 0.25) is 0 Å². The van der Waals surface area contributed by atoms with Crippen molar-refractivity contribution < 1.29 is 13.2 Å². The highest BCUT2D eigenvalue weighted by molar-refractivity contribution is 7.87. The number of nitrogens with one attached hydrogen (secondary N) is 1. The van der Waals surface area contributed by atoms with Crippen LogP contribution in [0.15, 0.2) is 0 Å². The minimum atomic E-state index is -3.35. The van der Waals surface area contributed by atoms with E-state index in [0.29, 0.717) is 13.1 Å². The molecule has 0 amide bonds. The Labute approximate surface area is 78.3 Å². The first-order valence-corrected chi connectivity index (χ1v) is 5.65. The molecule has 0 aromatic rings. The zero-order valence-corrected chi connectivity index (χ0v) is 8.60. The fourth-order valence-corrected chi connectivity index (χ4v) is 2.19. The van der Waals surface area contributed by atoms with Crippen molar-refractivity contribution in [2.75, 3.05) is 19.6 Å². The number of rotatable bonds is 3. The van der Waals surface area contributed by atoms with Crippen LogP contribution in [0, 0.1) is 5.92 Å². The fraction of sp³-hybridized carbons (Fsp3) is 0.857. The van der Waals surface area contributed by atoms with Crippen LogP contribution >= 0.6 is 0 Å². The smallest absolute Gasteiger partial charge is 0.279 e. The minimum absolute atomic E-state index is 0.00694. The third-order valence-corrected chi connectivity index (χ3v) is 3.52. The third-order valence-electron chi connectivity index (χ3n) is 1.96. The summed E-state index contributed by atoms with van der Waals surface area (Å²) in [7, 11) is -3.35. The van der Waals surface area contributed by atoms with E-state index in [9.17, 15) is 13.2 Å². The van der Waals surface area contributed by atoms with Gasteiger partial charge < -0.3 is 0 Å². The van der Waals surface area contributed by atoms with Crippen molar-refractivity contribution in [3.8, 4) is 0 Å². The van der Waals surface area contributed by atoms with Gasteiger partial charge in [-0.3, -0.25) is 4.79 Å². The highest BCUT2D eigenvalue weighted by atomic mass is 32.2. The Hall–Kier alpha value is -0.460. The summed E-state index contributed by atoms with van der Waals surface area (Å²) in [5, 5.41) is 0. The lowest BCUT2D eigenvalue weighted by Crippen LogP contribution is -2.35. The van der Waals surface area contributed by atoms with Crippen molar-refractivity contribution in [1.29, 1.82) is 0 Å². The van der Waals surface area contributed by atoms with E-state index in [4.69, 9.17) is 0 Å². The molecule has 0 aliphatic carbocycles. The topological polar surface area (TPSA) is 66.5 Å². The summed E-state index contributed by atoms with van der Waals surface area (Å²) in [5.74, 6) is -0.164. The molecule has 0 aromatic heterocycles. The molecule has 0 radical (unpaired) electrons. The maximum Gasteiger partial charge on any atom is 0.279 e. The van der Waals surface area contributed by atoms with Crippen LogP contribution in [0.2, 0.25) is 0 Å². The van der Waals surface area contributed by atoms with Gasteiger partial charge in [0.05, 0.1) is 6.54 Å². The molecule has 0 atom stereocenters. The van der Waals surface area contributed by atoms with Crippen LogP contribution in [0.5, 0.6) is 0 Å². The number of hydrogen-bond acceptors (Lipinski definition) is 3. The quantitative estimate of drug-likeness (QED) is 0.668. The van der Waals surface area contributed by atoms with Crippen molar-refractivity contribution in [2.24, 2.45) is 5.92 Å². The highest BCUT2D eigenvalue weighted by Gasteiger charge is 2.29. The second-order valence-electron chi connectivity index (χ2n) is 3.35. The summed E-state index contributed by atoms with van der Waals surface area (Å²) >= 11 is 0. The Bertz CT molecular complexity index is 297. The van der Waals surface area contributed by atoms with Gasteiger partial charge in [-0.05, 0) is 0 Å². The van der Waals surface area contributed by atoms with Gasteiger partial charge in [0.15, 0.2) is 5.78 Å². The highest BCUT2D eigenvalue weighted by Crippen LogP contribution is 2.06. The van der Waals surface area contributed by atoms with E-state index < -0.39 is 10.2 Å². The summed E-state index contributed by atoms with van der Waals surface area (Å²) in [6.45, 7) is 4.30. The Morgan fingerprint density at radius 3 is 2.54 bits per heavy atom. The van der Waals surface area contributed by atoms with Crippen LogP contribution in [0.1, 0.15) is 13.8 Å². The molecule has 1 heterocycles. The summed E-state index contributed by atoms with van der Waals surface area (Å²) in [6.07, 6.45) is 0. The summed E-state index contributed by atoms with van der Waals surface area (Å²) in [5.41, 5.74) is 0. The van der Waals surface area contributed by atoms with E-state index in [1.54, 1.807) is 13.8 Å². The Kier molecular flexibility index (Phi) is 3.05. The molecule has 5 nitrogen and oxygen atoms in total. The lowest BCUT2D eigenvalue weighted by Gasteiger charge is -2.13. The molecule has 1 aliphatic heterocycles. The lowest BCUT2D eigenvalue weighted by atomic mass is 10.1. The first kappa shape index (κ1) is 10.6. The monoisotopic (exact) mass is 206 g/mol. The van der Waals surface area contributed by atoms with Crippen LogP contribution in [-0.2, 0) is 15.0 Å². The molecule has 0 spiro atoms. The molecule has 0 bridgehead atoms. The number of ketones is 1. The average molecular weight is 206 g/mol. The van der Waals surface area contributed by atoms with Gasteiger partial charge >= 0.3 is 0 Å². The first-order valence-electron chi connectivity index (χ1n) is 4.21. The SMILES string of the molecule is CC(C)C(=O)CN1CCNS1(=O)=O. The zero-order chi connectivity index (χ0) is 10.1. The second-order valence-corrected chi connectivity index (χ2v) is 5.11. The number of carbonyl (C=O) groups is 1. The van der Waals surface area contributed by atoms with Gasteiger partial charge in [0.1, 0.15) is 0 Å². The summed E-state index contributed by atoms with van der Waals surface area (Å²) < 4.78 is 25.9. The zero-order valence-electron chi connectivity index (χ0n) is 7.78. The standard InChI is InChI=1S/C7H14N2O3S/c1-6(2)7(10)5-9-4-3-8-13(9,11)12/h6,8H,3-5H2,1-2H3. The Morgan fingerprint density at radius 2 is 2.15 bits per heavy atom. The molecule has 1 saturated heterocycles. The molecule has 0 saturated carbocycles. The van der Waals surface area contributed by atoms with Crippen molar-refractivity contribution in [1.82, 2.24) is 9.03 Å². The molecule has 13 heavy (non-hydrogen) atoms. The largest absolute Gasteiger partial charge is 0.298 e. The average Bonchev–Trinajstić information content (AvgIpc) is 2.30. The van der Waals surface area contributed by atoms with E-state index in [-0.39, 0.29) is 18.2 Å². The molecule has 0 aromatic carbocycles. The number of carbonyl (C=O) groups excluding carboxylic acids is 1. The van der Waals surface area contributed by atoms with Gasteiger partial charge in [-0.1, -0.05) is 13.8 Å². The van der Waals surface area contributed by atoms with Crippen LogP contribution in [-0.4, -0.2) is 38.1 Å². The number of hydrogen-bond donors (Lipinski definition) is 1. The molecule has 1 N–H and O–H groups in total. The second kappa shape index (κ2) is 3.73. The van der Waals surface area contributed by atoms with Crippen molar-refractivity contribution in [2.45, 2.75) is 13.8 Å². The van der Waals surface area contributed by atoms with E-state index >= 15 is 0 Å². The van der Waals surface area contributed by atoms with Gasteiger partial charge in [-0.2, -0.15) is 12.7 Å². The maximum atomic E-state index is 11.3. The van der Waals surface area contributed by atoms with Crippen molar-refractivity contribution in [3.63, 3.8) is 0 Å². The molecule has 1 fully saturated rings. The lowest BCUT2D eigenvalue weighted by molar-refractivity contribution is -0.122. The predicted molar refractivity (Wildman–Crippen MR) is 48.3 cm³/mol. The maximum absolute atomic E-state index is 11.3. The molecule has 1 aliphatic rings. The van der Waals surface area contributed by atoms with Gasteiger partial charge in [-0.25, -0.2) is 4.72 Å². The number of nitrogens with zero attached hydrogens (tertiary/aromatic N) is 1. The first-order chi connectivity index (χ1) is 5.93. The predicted octanol–water partition coefficient (Wildman–Crippen LogP) is -0.638. The Balaban J connectivity index is 2.60. The molecule has 1 rings (SSSR count). The van der Waals surface area contributed by atoms with Gasteiger partial charge in [0.25, 0.3) is 10.2 Å². The summed E-state index contributed by atoms with van der Waals surface area (Å²) in [6, 6.07) is 0. The van der Waals surface area contributed by atoms with Crippen molar-refractivity contribution in [3.05, 3.63) is 0 Å². The molecule has 76 valence electrons. The van der Waals surface area contributed by atoms with E-state index in [2.05, 4.69) is 4.72 Å². The molecular formula is C7H14N2O3S. The third kappa shape index (κ3) is 2.49. The van der Waals surface area contributed by atoms with Crippen LogP contribution in [0.4, 0.5) is 0 Å². The molecule has 6 heteroatoms. The number of Topliss-reactive ketones (excluding diaryl/α,β-unsaturated/α-hetero) is 1. The Morgan fingerprint density at radius 1 is 1.54 bits per heavy atom. The van der Waals surface area contributed by atoms with E-state index in [0.717, 1.165) is 0 Å². The summed E-state index contributed by atoms with van der Waals surface area (Å²) in [4.78, 5) is 11.3. The normalized spacial score (nSPS) is 22.4. The van der Waals surface area contributed by atoms with Crippen LogP contribution in [0.3, 0.4) is 0 Å². The molecular weight excluding hydrogens is 192 g/mol. The van der Waals surface area contributed by atoms with Gasteiger partial charge in [-0.15, -0.1) is 0 Å². The van der Waals surface area contributed by atoms with Crippen molar-refractivity contribution >= 4 is 16.0 Å². The van der Waals surface area contributed by atoms with Crippen LogP contribution in [0.25, 0.3) is 0 Å².